The molecule has 5 heteroatoms. The number of rotatable bonds is 3. The van der Waals surface area contributed by atoms with E-state index in [1.807, 2.05) is 17.0 Å². The molecule has 0 radical (unpaired) electrons. The van der Waals surface area contributed by atoms with Gasteiger partial charge in [-0.15, -0.1) is 0 Å². The lowest BCUT2D eigenvalue weighted by molar-refractivity contribution is 0.0738. The lowest BCUT2D eigenvalue weighted by Gasteiger charge is -2.38. The zero-order chi connectivity index (χ0) is 19.6. The second-order valence-corrected chi connectivity index (χ2v) is 8.07. The summed E-state index contributed by atoms with van der Waals surface area (Å²) in [5.74, 6) is 0.0200. The number of carbonyl (C=O) groups is 1. The van der Waals surface area contributed by atoms with E-state index in [1.54, 1.807) is 24.3 Å². The molecule has 1 amide bonds. The number of benzene rings is 2. The highest BCUT2D eigenvalue weighted by Gasteiger charge is 2.42. The molecule has 4 rings (SSSR count). The first-order valence-electron chi connectivity index (χ1n) is 10.1. The monoisotopic (exact) mass is 382 g/mol. The topological polar surface area (TPSA) is 43.8 Å². The van der Waals surface area contributed by atoms with Crippen LogP contribution in [0.2, 0.25) is 0 Å². The maximum atomic E-state index is 13.2. The van der Waals surface area contributed by atoms with Gasteiger partial charge < -0.3 is 10.0 Å². The number of amides is 1. The Morgan fingerprint density at radius 2 is 1.61 bits per heavy atom. The van der Waals surface area contributed by atoms with E-state index in [1.165, 1.54) is 18.6 Å². The molecule has 0 aliphatic carbocycles. The molecule has 148 valence electrons. The van der Waals surface area contributed by atoms with Gasteiger partial charge in [0.05, 0.1) is 0 Å². The van der Waals surface area contributed by atoms with Crippen LogP contribution in [0.1, 0.15) is 48.0 Å². The molecule has 1 unspecified atom stereocenters. The molecule has 28 heavy (non-hydrogen) atoms. The van der Waals surface area contributed by atoms with E-state index in [-0.39, 0.29) is 23.0 Å². The molecule has 2 aliphatic heterocycles. The fourth-order valence-electron chi connectivity index (χ4n) is 4.79. The van der Waals surface area contributed by atoms with E-state index in [4.69, 9.17) is 0 Å². The average Bonchev–Trinajstić information content (AvgIpc) is 2.94. The van der Waals surface area contributed by atoms with Crippen LogP contribution in [0.5, 0.6) is 5.75 Å². The first kappa shape index (κ1) is 18.9. The predicted molar refractivity (Wildman–Crippen MR) is 107 cm³/mol. The van der Waals surface area contributed by atoms with Crippen molar-refractivity contribution in [2.24, 2.45) is 0 Å². The van der Waals surface area contributed by atoms with Gasteiger partial charge in [0, 0.05) is 30.7 Å². The Kier molecular flexibility index (Phi) is 5.36. The molecule has 1 N–H and O–H groups in total. The van der Waals surface area contributed by atoms with Crippen molar-refractivity contribution in [2.45, 2.75) is 44.2 Å². The molecule has 4 nitrogen and oxygen atoms in total. The number of aromatic hydroxyl groups is 1. The third kappa shape index (κ3) is 3.90. The van der Waals surface area contributed by atoms with Crippen LogP contribution in [-0.4, -0.2) is 46.0 Å². The van der Waals surface area contributed by atoms with E-state index in [0.717, 1.165) is 57.4 Å². The summed E-state index contributed by atoms with van der Waals surface area (Å²) < 4.78 is 13.2. The van der Waals surface area contributed by atoms with Crippen molar-refractivity contribution >= 4 is 5.91 Å². The number of phenols is 1. The van der Waals surface area contributed by atoms with Gasteiger partial charge in [-0.1, -0.05) is 12.1 Å². The van der Waals surface area contributed by atoms with E-state index in [2.05, 4.69) is 4.90 Å². The van der Waals surface area contributed by atoms with Crippen molar-refractivity contribution in [1.82, 2.24) is 9.80 Å². The van der Waals surface area contributed by atoms with E-state index in [0.29, 0.717) is 5.56 Å². The number of hydrogen-bond donors (Lipinski definition) is 1. The van der Waals surface area contributed by atoms with Crippen LogP contribution >= 0.6 is 0 Å². The molecule has 1 atom stereocenters. The molecule has 2 aromatic carbocycles. The fraction of sp³-hybridized carbons (Fsp3) is 0.435. The minimum atomic E-state index is -0.197. The highest BCUT2D eigenvalue weighted by Crippen LogP contribution is 2.39. The van der Waals surface area contributed by atoms with Crippen molar-refractivity contribution in [2.75, 3.05) is 19.6 Å². The molecule has 0 bridgehead atoms. The summed E-state index contributed by atoms with van der Waals surface area (Å²) in [6, 6.07) is 13.3. The van der Waals surface area contributed by atoms with E-state index in [9.17, 15) is 14.3 Å². The van der Waals surface area contributed by atoms with Crippen molar-refractivity contribution in [3.8, 4) is 5.75 Å². The predicted octanol–water partition coefficient (Wildman–Crippen LogP) is 4.19. The zero-order valence-corrected chi connectivity index (χ0v) is 16.1. The minimum Gasteiger partial charge on any atom is -0.508 e. The third-order valence-electron chi connectivity index (χ3n) is 6.35. The fourth-order valence-corrected chi connectivity index (χ4v) is 4.79. The van der Waals surface area contributed by atoms with Gasteiger partial charge in [0.15, 0.2) is 0 Å². The van der Waals surface area contributed by atoms with Gasteiger partial charge in [0.1, 0.15) is 11.6 Å². The third-order valence-corrected chi connectivity index (χ3v) is 6.35. The van der Waals surface area contributed by atoms with Crippen molar-refractivity contribution in [3.63, 3.8) is 0 Å². The van der Waals surface area contributed by atoms with Crippen molar-refractivity contribution < 1.29 is 14.3 Å². The summed E-state index contributed by atoms with van der Waals surface area (Å²) in [6.45, 7) is 3.42. The van der Waals surface area contributed by atoms with Crippen LogP contribution in [0.25, 0.3) is 0 Å². The summed E-state index contributed by atoms with van der Waals surface area (Å²) in [7, 11) is 0. The number of halogens is 1. The Morgan fingerprint density at radius 1 is 0.929 bits per heavy atom. The molecule has 0 aromatic heterocycles. The zero-order valence-electron chi connectivity index (χ0n) is 16.1. The first-order valence-corrected chi connectivity index (χ1v) is 10.1. The van der Waals surface area contributed by atoms with Gasteiger partial charge in [-0.05, 0) is 80.6 Å². The van der Waals surface area contributed by atoms with E-state index >= 15 is 0 Å². The summed E-state index contributed by atoms with van der Waals surface area (Å²) >= 11 is 0. The van der Waals surface area contributed by atoms with Crippen LogP contribution in [0.4, 0.5) is 4.39 Å². The van der Waals surface area contributed by atoms with Gasteiger partial charge >= 0.3 is 0 Å². The van der Waals surface area contributed by atoms with Crippen LogP contribution in [-0.2, 0) is 6.54 Å². The molecular weight excluding hydrogens is 355 g/mol. The Labute approximate surface area is 165 Å². The van der Waals surface area contributed by atoms with Gasteiger partial charge in [-0.3, -0.25) is 9.69 Å². The van der Waals surface area contributed by atoms with E-state index < -0.39 is 0 Å². The summed E-state index contributed by atoms with van der Waals surface area (Å²) in [5.41, 5.74) is 1.91. The SMILES string of the molecule is O=C(c1ccc(O)cc1)N1CCCC2(CCCN2Cc2ccc(F)cc2)CC1. The Hall–Kier alpha value is -2.40. The Bertz CT molecular complexity index is 822. The first-order chi connectivity index (χ1) is 13.6. The van der Waals surface area contributed by atoms with Crippen molar-refractivity contribution in [1.29, 1.82) is 0 Å². The second-order valence-electron chi connectivity index (χ2n) is 8.07. The molecule has 2 aliphatic rings. The number of phenolic OH excluding ortho intramolecular Hbond substituents is 1. The second kappa shape index (κ2) is 7.92. The number of hydrogen-bond acceptors (Lipinski definition) is 3. The smallest absolute Gasteiger partial charge is 0.253 e. The highest BCUT2D eigenvalue weighted by atomic mass is 19.1. The Balaban J connectivity index is 1.45. The highest BCUT2D eigenvalue weighted by molar-refractivity contribution is 5.94. The van der Waals surface area contributed by atoms with Gasteiger partial charge in [-0.25, -0.2) is 4.39 Å². The number of likely N-dealkylation sites (tertiary alicyclic amines) is 2. The van der Waals surface area contributed by atoms with Crippen LogP contribution in [0.15, 0.2) is 48.5 Å². The summed E-state index contributed by atoms with van der Waals surface area (Å²) in [5, 5.41) is 9.45. The maximum Gasteiger partial charge on any atom is 0.253 e. The standard InChI is InChI=1S/C23H27FN2O2/c24-20-7-3-18(4-8-20)17-26-15-2-12-23(26)11-1-14-25(16-13-23)22(28)19-5-9-21(27)10-6-19/h3-10,27H,1-2,11-17H2. The minimum absolute atomic E-state index is 0.0418. The molecule has 1 spiro atoms. The van der Waals surface area contributed by atoms with Crippen LogP contribution in [0, 0.1) is 5.82 Å². The molecule has 0 saturated carbocycles. The summed E-state index contributed by atoms with van der Waals surface area (Å²) in [6.07, 6.45) is 5.39. The van der Waals surface area contributed by atoms with Gasteiger partial charge in [-0.2, -0.15) is 0 Å². The van der Waals surface area contributed by atoms with Gasteiger partial charge in [0.2, 0.25) is 0 Å². The summed E-state index contributed by atoms with van der Waals surface area (Å²) in [4.78, 5) is 17.4. The Morgan fingerprint density at radius 3 is 2.32 bits per heavy atom. The maximum absolute atomic E-state index is 13.2. The number of carbonyl (C=O) groups excluding carboxylic acids is 1. The molecule has 2 saturated heterocycles. The normalized spacial score (nSPS) is 23.1. The number of nitrogens with zero attached hydrogens (tertiary/aromatic N) is 2. The lowest BCUT2D eigenvalue weighted by atomic mass is 9.87. The van der Waals surface area contributed by atoms with Gasteiger partial charge in [0.25, 0.3) is 5.91 Å². The quantitative estimate of drug-likeness (QED) is 0.866. The van der Waals surface area contributed by atoms with Crippen LogP contribution < -0.4 is 0 Å². The lowest BCUT2D eigenvalue weighted by Crippen LogP contribution is -2.44. The molecule has 2 heterocycles. The molecule has 2 fully saturated rings. The molecule has 2 aromatic rings. The largest absolute Gasteiger partial charge is 0.508 e. The average molecular weight is 382 g/mol. The molecular formula is C23H27FN2O2. The van der Waals surface area contributed by atoms with Crippen molar-refractivity contribution in [3.05, 3.63) is 65.5 Å². The van der Waals surface area contributed by atoms with Crippen LogP contribution in [0.3, 0.4) is 0 Å².